The largest absolute Gasteiger partial charge is 0.313 e. The maximum absolute atomic E-state index is 3.50. The molecule has 0 radical (unpaired) electrons. The zero-order chi connectivity index (χ0) is 12.2. The van der Waals surface area contributed by atoms with E-state index < -0.39 is 0 Å². The molecule has 0 saturated carbocycles. The molecule has 0 bridgehead atoms. The van der Waals surface area contributed by atoms with Gasteiger partial charge in [-0.25, -0.2) is 0 Å². The van der Waals surface area contributed by atoms with Crippen LogP contribution in [0.1, 0.15) is 57.4 Å². The molecule has 0 aliphatic rings. The summed E-state index contributed by atoms with van der Waals surface area (Å²) in [6.45, 7) is 4.44. The highest BCUT2D eigenvalue weighted by atomic mass is 14.8. The summed E-state index contributed by atoms with van der Waals surface area (Å²) < 4.78 is 0. The summed E-state index contributed by atoms with van der Waals surface area (Å²) in [7, 11) is 0. The van der Waals surface area contributed by atoms with Crippen LogP contribution in [0.4, 0.5) is 0 Å². The zero-order valence-electron chi connectivity index (χ0n) is 11.3. The normalized spacial score (nSPS) is 10.6. The van der Waals surface area contributed by atoms with Gasteiger partial charge in [-0.2, -0.15) is 0 Å². The molecule has 0 spiro atoms. The summed E-state index contributed by atoms with van der Waals surface area (Å²) in [6, 6.07) is 10.6. The molecule has 0 atom stereocenters. The number of unbranched alkanes of at least 4 members (excludes halogenated alkanes) is 6. The summed E-state index contributed by atoms with van der Waals surface area (Å²) in [5.41, 5.74) is 1.38. The third-order valence-electron chi connectivity index (χ3n) is 3.13. The Labute approximate surface area is 107 Å². The molecule has 1 aromatic rings. The Morgan fingerprint density at radius 3 is 2.18 bits per heavy atom. The fourth-order valence-corrected chi connectivity index (χ4v) is 2.04. The van der Waals surface area contributed by atoms with Crippen molar-refractivity contribution in [2.24, 2.45) is 0 Å². The lowest BCUT2D eigenvalue weighted by molar-refractivity contribution is 0.562. The molecule has 1 N–H and O–H groups in total. The Bertz CT molecular complexity index is 255. The van der Waals surface area contributed by atoms with Crippen molar-refractivity contribution in [2.45, 2.75) is 58.4 Å². The van der Waals surface area contributed by atoms with Gasteiger partial charge in [0.2, 0.25) is 0 Å². The average molecular weight is 233 g/mol. The van der Waals surface area contributed by atoms with Gasteiger partial charge < -0.3 is 5.32 Å². The number of hydrogen-bond donors (Lipinski definition) is 1. The molecule has 1 aromatic carbocycles. The Kier molecular flexibility index (Phi) is 8.66. The highest BCUT2D eigenvalue weighted by Crippen LogP contribution is 2.06. The second-order valence-corrected chi connectivity index (χ2v) is 4.78. The van der Waals surface area contributed by atoms with Gasteiger partial charge >= 0.3 is 0 Å². The Morgan fingerprint density at radius 2 is 1.47 bits per heavy atom. The van der Waals surface area contributed by atoms with E-state index in [2.05, 4.69) is 42.6 Å². The van der Waals surface area contributed by atoms with Gasteiger partial charge in [0.05, 0.1) is 0 Å². The van der Waals surface area contributed by atoms with Crippen LogP contribution in [0, 0.1) is 0 Å². The lowest BCUT2D eigenvalue weighted by Gasteiger charge is -2.04. The van der Waals surface area contributed by atoms with E-state index in [0.717, 1.165) is 13.1 Å². The molecular weight excluding hydrogens is 206 g/mol. The quantitative estimate of drug-likeness (QED) is 0.586. The summed E-state index contributed by atoms with van der Waals surface area (Å²) in [4.78, 5) is 0. The first-order valence-corrected chi connectivity index (χ1v) is 7.18. The van der Waals surface area contributed by atoms with Crippen LogP contribution >= 0.6 is 0 Å². The molecule has 96 valence electrons. The standard InChI is InChI=1S/C16H27N/c1-2-3-4-5-6-7-11-14-17-15-16-12-9-8-10-13-16/h8-10,12-13,17H,2-7,11,14-15H2,1H3. The van der Waals surface area contributed by atoms with Gasteiger partial charge in [0.15, 0.2) is 0 Å². The van der Waals surface area contributed by atoms with E-state index in [1.165, 1.54) is 50.5 Å². The monoisotopic (exact) mass is 233 g/mol. The average Bonchev–Trinajstić information content (AvgIpc) is 2.38. The Morgan fingerprint density at radius 1 is 0.824 bits per heavy atom. The maximum Gasteiger partial charge on any atom is 0.0205 e. The van der Waals surface area contributed by atoms with Gasteiger partial charge in [-0.1, -0.05) is 75.8 Å². The van der Waals surface area contributed by atoms with Crippen molar-refractivity contribution < 1.29 is 0 Å². The van der Waals surface area contributed by atoms with Crippen molar-refractivity contribution in [3.05, 3.63) is 35.9 Å². The van der Waals surface area contributed by atoms with Crippen LogP contribution in [0.25, 0.3) is 0 Å². The summed E-state index contributed by atoms with van der Waals surface area (Å²) >= 11 is 0. The molecule has 17 heavy (non-hydrogen) atoms. The molecule has 0 unspecified atom stereocenters. The van der Waals surface area contributed by atoms with E-state index in [4.69, 9.17) is 0 Å². The summed E-state index contributed by atoms with van der Waals surface area (Å²) in [5.74, 6) is 0. The lowest BCUT2D eigenvalue weighted by Crippen LogP contribution is -2.14. The van der Waals surface area contributed by atoms with Crippen molar-refractivity contribution >= 4 is 0 Å². The van der Waals surface area contributed by atoms with Gasteiger partial charge in [0.1, 0.15) is 0 Å². The molecule has 0 heterocycles. The van der Waals surface area contributed by atoms with Crippen LogP contribution in [-0.4, -0.2) is 6.54 Å². The van der Waals surface area contributed by atoms with Crippen LogP contribution in [-0.2, 0) is 6.54 Å². The van der Waals surface area contributed by atoms with Crippen molar-refractivity contribution in [3.63, 3.8) is 0 Å². The third kappa shape index (κ3) is 7.98. The maximum atomic E-state index is 3.50. The molecular formula is C16H27N. The van der Waals surface area contributed by atoms with Gasteiger partial charge in [0, 0.05) is 6.54 Å². The second-order valence-electron chi connectivity index (χ2n) is 4.78. The molecule has 1 rings (SSSR count). The minimum Gasteiger partial charge on any atom is -0.313 e. The van der Waals surface area contributed by atoms with E-state index in [1.807, 2.05) is 0 Å². The molecule has 0 aliphatic carbocycles. The number of nitrogens with one attached hydrogen (secondary N) is 1. The van der Waals surface area contributed by atoms with Crippen LogP contribution in [0.3, 0.4) is 0 Å². The highest BCUT2D eigenvalue weighted by Gasteiger charge is 1.92. The zero-order valence-corrected chi connectivity index (χ0v) is 11.3. The first kappa shape index (κ1) is 14.2. The van der Waals surface area contributed by atoms with Gasteiger partial charge in [-0.05, 0) is 18.5 Å². The van der Waals surface area contributed by atoms with E-state index in [9.17, 15) is 0 Å². The minimum absolute atomic E-state index is 1.01. The van der Waals surface area contributed by atoms with Gasteiger partial charge in [-0.3, -0.25) is 0 Å². The molecule has 0 aromatic heterocycles. The first-order valence-electron chi connectivity index (χ1n) is 7.18. The predicted octanol–water partition coefficient (Wildman–Crippen LogP) is 4.53. The predicted molar refractivity (Wildman–Crippen MR) is 76.1 cm³/mol. The number of hydrogen-bond acceptors (Lipinski definition) is 1. The molecule has 0 amide bonds. The van der Waals surface area contributed by atoms with Crippen molar-refractivity contribution in [2.75, 3.05) is 6.54 Å². The van der Waals surface area contributed by atoms with Crippen molar-refractivity contribution in [1.29, 1.82) is 0 Å². The van der Waals surface area contributed by atoms with E-state index >= 15 is 0 Å². The molecule has 0 saturated heterocycles. The van der Waals surface area contributed by atoms with Crippen molar-refractivity contribution in [1.82, 2.24) is 5.32 Å². The molecule has 0 aliphatic heterocycles. The fraction of sp³-hybridized carbons (Fsp3) is 0.625. The van der Waals surface area contributed by atoms with Gasteiger partial charge in [-0.15, -0.1) is 0 Å². The van der Waals surface area contributed by atoms with Crippen LogP contribution in [0.2, 0.25) is 0 Å². The summed E-state index contributed by atoms with van der Waals surface area (Å²) in [6.07, 6.45) is 9.71. The topological polar surface area (TPSA) is 12.0 Å². The van der Waals surface area contributed by atoms with E-state index in [-0.39, 0.29) is 0 Å². The Hall–Kier alpha value is -0.820. The van der Waals surface area contributed by atoms with Crippen LogP contribution in [0.15, 0.2) is 30.3 Å². The highest BCUT2D eigenvalue weighted by molar-refractivity contribution is 5.14. The molecule has 0 fully saturated rings. The number of rotatable bonds is 10. The first-order chi connectivity index (χ1) is 8.43. The van der Waals surface area contributed by atoms with Gasteiger partial charge in [0.25, 0.3) is 0 Å². The molecule has 1 nitrogen and oxygen atoms in total. The molecule has 1 heteroatoms. The van der Waals surface area contributed by atoms with Crippen LogP contribution in [0.5, 0.6) is 0 Å². The van der Waals surface area contributed by atoms with Crippen LogP contribution < -0.4 is 5.32 Å². The SMILES string of the molecule is CCCCCCCCCNCc1ccccc1. The van der Waals surface area contributed by atoms with E-state index in [1.54, 1.807) is 0 Å². The Balaban J connectivity index is 1.85. The van der Waals surface area contributed by atoms with Crippen molar-refractivity contribution in [3.8, 4) is 0 Å². The lowest BCUT2D eigenvalue weighted by atomic mass is 10.1. The smallest absolute Gasteiger partial charge is 0.0205 e. The fourth-order valence-electron chi connectivity index (χ4n) is 2.04. The summed E-state index contributed by atoms with van der Waals surface area (Å²) in [5, 5.41) is 3.50. The third-order valence-corrected chi connectivity index (χ3v) is 3.13. The number of benzene rings is 1. The van der Waals surface area contributed by atoms with E-state index in [0.29, 0.717) is 0 Å². The minimum atomic E-state index is 1.01. The second kappa shape index (κ2) is 10.3.